The third kappa shape index (κ3) is 2.79. The Balaban J connectivity index is 4.48. The number of carboxylic acid groups (broad SMARTS) is 1. The molecular weight excluding hydrogens is 196 g/mol. The smallest absolute Gasteiger partial charge is 0.425 e. The van der Waals surface area contributed by atoms with Crippen LogP contribution in [0.25, 0.3) is 0 Å². The lowest BCUT2D eigenvalue weighted by Crippen LogP contribution is -2.42. The lowest BCUT2D eigenvalue weighted by molar-refractivity contribution is -0.223. The van der Waals surface area contributed by atoms with Gasteiger partial charge in [-0.05, 0) is 0 Å². The second-order valence-corrected chi connectivity index (χ2v) is 2.34. The molecule has 7 heteroatoms. The molecule has 80 valence electrons. The van der Waals surface area contributed by atoms with Gasteiger partial charge in [0.15, 0.2) is 0 Å². The highest BCUT2D eigenvalue weighted by molar-refractivity contribution is 6.30. The summed E-state index contributed by atoms with van der Waals surface area (Å²) < 4.78 is 13.1. The minimum absolute atomic E-state index is 1.15. The van der Waals surface area contributed by atoms with E-state index in [2.05, 4.69) is 14.2 Å². The first-order chi connectivity index (χ1) is 6.37. The SMILES string of the molecule is COC(C)(OC)C(=O)OC(=O)C(=O)O. The molecule has 0 atom stereocenters. The van der Waals surface area contributed by atoms with Gasteiger partial charge in [-0.3, -0.25) is 0 Å². The Morgan fingerprint density at radius 3 is 1.86 bits per heavy atom. The van der Waals surface area contributed by atoms with E-state index in [1.54, 1.807) is 0 Å². The van der Waals surface area contributed by atoms with Crippen LogP contribution in [0.3, 0.4) is 0 Å². The van der Waals surface area contributed by atoms with Gasteiger partial charge in [-0.1, -0.05) is 0 Å². The molecule has 0 spiro atoms. The maximum Gasteiger partial charge on any atom is 0.425 e. The van der Waals surface area contributed by atoms with E-state index in [0.29, 0.717) is 0 Å². The summed E-state index contributed by atoms with van der Waals surface area (Å²) >= 11 is 0. The van der Waals surface area contributed by atoms with Crippen molar-refractivity contribution in [2.75, 3.05) is 14.2 Å². The van der Waals surface area contributed by atoms with Gasteiger partial charge in [0.25, 0.3) is 5.79 Å². The number of methoxy groups -OCH3 is 2. The molecule has 0 rings (SSSR count). The molecule has 0 saturated heterocycles. The number of rotatable bonds is 3. The van der Waals surface area contributed by atoms with E-state index in [1.807, 2.05) is 0 Å². The largest absolute Gasteiger partial charge is 0.473 e. The Morgan fingerprint density at radius 2 is 1.57 bits per heavy atom. The van der Waals surface area contributed by atoms with Crippen LogP contribution < -0.4 is 0 Å². The fourth-order valence-electron chi connectivity index (χ4n) is 0.471. The third-order valence-corrected chi connectivity index (χ3v) is 1.51. The summed E-state index contributed by atoms with van der Waals surface area (Å²) in [6.07, 6.45) is 0. The molecule has 0 aliphatic carbocycles. The molecule has 0 aromatic heterocycles. The highest BCUT2D eigenvalue weighted by atomic mass is 16.7. The highest BCUT2D eigenvalue weighted by Crippen LogP contribution is 2.11. The molecule has 0 aromatic carbocycles. The van der Waals surface area contributed by atoms with Gasteiger partial charge in [-0.15, -0.1) is 0 Å². The molecule has 0 amide bonds. The fourth-order valence-corrected chi connectivity index (χ4v) is 0.471. The Kier molecular flexibility index (Phi) is 4.19. The van der Waals surface area contributed by atoms with E-state index in [9.17, 15) is 14.4 Å². The van der Waals surface area contributed by atoms with Crippen molar-refractivity contribution in [1.29, 1.82) is 0 Å². The molecule has 0 unspecified atom stereocenters. The molecule has 0 heterocycles. The second-order valence-electron chi connectivity index (χ2n) is 2.34. The zero-order chi connectivity index (χ0) is 11.4. The molecule has 0 bridgehead atoms. The van der Waals surface area contributed by atoms with Crippen LogP contribution in [-0.4, -0.2) is 43.0 Å². The van der Waals surface area contributed by atoms with Crippen LogP contribution in [0.1, 0.15) is 6.92 Å². The van der Waals surface area contributed by atoms with Crippen molar-refractivity contribution in [3.05, 3.63) is 0 Å². The van der Waals surface area contributed by atoms with E-state index in [-0.39, 0.29) is 0 Å². The summed E-state index contributed by atoms with van der Waals surface area (Å²) in [6, 6.07) is 0. The molecule has 0 fully saturated rings. The quantitative estimate of drug-likeness (QED) is 0.278. The van der Waals surface area contributed by atoms with Crippen molar-refractivity contribution in [3.8, 4) is 0 Å². The molecule has 7 nitrogen and oxygen atoms in total. The number of carbonyl (C=O) groups excluding carboxylic acids is 2. The second kappa shape index (κ2) is 4.68. The summed E-state index contributed by atoms with van der Waals surface area (Å²) in [7, 11) is 2.30. The van der Waals surface area contributed by atoms with Gasteiger partial charge in [0.1, 0.15) is 0 Å². The molecule has 0 aromatic rings. The number of hydrogen-bond donors (Lipinski definition) is 1. The van der Waals surface area contributed by atoms with Crippen molar-refractivity contribution >= 4 is 17.9 Å². The maximum absolute atomic E-state index is 11.1. The lowest BCUT2D eigenvalue weighted by Gasteiger charge is -2.22. The van der Waals surface area contributed by atoms with Gasteiger partial charge in [0, 0.05) is 21.1 Å². The Hall–Kier alpha value is -1.47. The number of esters is 2. The normalized spacial score (nSPS) is 10.8. The van der Waals surface area contributed by atoms with Gasteiger partial charge in [-0.2, -0.15) is 0 Å². The van der Waals surface area contributed by atoms with E-state index >= 15 is 0 Å². The zero-order valence-electron chi connectivity index (χ0n) is 7.90. The Labute approximate surface area is 79.5 Å². The van der Waals surface area contributed by atoms with Crippen LogP contribution in [-0.2, 0) is 28.6 Å². The average Bonchev–Trinajstić information content (AvgIpc) is 2.16. The van der Waals surface area contributed by atoms with Gasteiger partial charge >= 0.3 is 17.9 Å². The standard InChI is InChI=1S/C7H10O7/c1-7(12-2,13-3)6(11)14-5(10)4(8)9/h1-3H3,(H,8,9). The van der Waals surface area contributed by atoms with Gasteiger partial charge in [-0.25, -0.2) is 14.4 Å². The summed E-state index contributed by atoms with van der Waals surface area (Å²) in [5.74, 6) is -6.57. The van der Waals surface area contributed by atoms with Gasteiger partial charge < -0.3 is 19.3 Å². The van der Waals surface area contributed by atoms with Crippen LogP contribution in [0.5, 0.6) is 0 Å². The Morgan fingerprint density at radius 1 is 1.14 bits per heavy atom. The van der Waals surface area contributed by atoms with Crippen LogP contribution in [0.4, 0.5) is 0 Å². The first-order valence-corrected chi connectivity index (χ1v) is 3.47. The predicted molar refractivity (Wildman–Crippen MR) is 41.2 cm³/mol. The molecule has 14 heavy (non-hydrogen) atoms. The van der Waals surface area contributed by atoms with Gasteiger partial charge in [0.2, 0.25) is 0 Å². The van der Waals surface area contributed by atoms with Crippen LogP contribution >= 0.6 is 0 Å². The molecule has 0 saturated carbocycles. The number of ether oxygens (including phenoxy) is 3. The minimum Gasteiger partial charge on any atom is -0.473 e. The van der Waals surface area contributed by atoms with Crippen LogP contribution in [0, 0.1) is 0 Å². The molecule has 0 aliphatic heterocycles. The molecule has 1 N–H and O–H groups in total. The first kappa shape index (κ1) is 12.5. The van der Waals surface area contributed by atoms with Crippen LogP contribution in [0.15, 0.2) is 0 Å². The summed E-state index contributed by atoms with van der Waals surface area (Å²) in [5.41, 5.74) is 0. The number of hydrogen-bond acceptors (Lipinski definition) is 6. The summed E-state index contributed by atoms with van der Waals surface area (Å²) in [4.78, 5) is 31.6. The zero-order valence-corrected chi connectivity index (χ0v) is 7.90. The van der Waals surface area contributed by atoms with Crippen molar-refractivity contribution in [3.63, 3.8) is 0 Å². The predicted octanol–water partition coefficient (Wildman–Crippen LogP) is -0.850. The van der Waals surface area contributed by atoms with E-state index < -0.39 is 23.7 Å². The van der Waals surface area contributed by atoms with Crippen molar-refractivity contribution < 1.29 is 33.7 Å². The van der Waals surface area contributed by atoms with Crippen molar-refractivity contribution in [2.45, 2.75) is 12.7 Å². The minimum atomic E-state index is -1.87. The fraction of sp³-hybridized carbons (Fsp3) is 0.571. The van der Waals surface area contributed by atoms with Crippen molar-refractivity contribution in [2.24, 2.45) is 0 Å². The molecule has 0 radical (unpaired) electrons. The topological polar surface area (TPSA) is 99.1 Å². The van der Waals surface area contributed by atoms with E-state index in [4.69, 9.17) is 5.11 Å². The monoisotopic (exact) mass is 206 g/mol. The van der Waals surface area contributed by atoms with E-state index in [1.165, 1.54) is 6.92 Å². The van der Waals surface area contributed by atoms with E-state index in [0.717, 1.165) is 14.2 Å². The van der Waals surface area contributed by atoms with Crippen LogP contribution in [0.2, 0.25) is 0 Å². The summed E-state index contributed by atoms with van der Waals surface area (Å²) in [6.45, 7) is 1.18. The third-order valence-electron chi connectivity index (χ3n) is 1.51. The average molecular weight is 206 g/mol. The highest BCUT2D eigenvalue weighted by Gasteiger charge is 2.37. The lowest BCUT2D eigenvalue weighted by atomic mass is 10.3. The number of carbonyl (C=O) groups is 3. The maximum atomic E-state index is 11.1. The number of aliphatic carboxylic acids is 1. The Bertz CT molecular complexity index is 253. The van der Waals surface area contributed by atoms with Crippen molar-refractivity contribution in [1.82, 2.24) is 0 Å². The number of carboxylic acids is 1. The molecule has 0 aliphatic rings. The molecular formula is C7H10O7. The van der Waals surface area contributed by atoms with Gasteiger partial charge in [0.05, 0.1) is 0 Å². The first-order valence-electron chi connectivity index (χ1n) is 3.47. The summed E-state index contributed by atoms with van der Waals surface area (Å²) in [5, 5.41) is 8.13.